The molecule has 1 unspecified atom stereocenters. The Morgan fingerprint density at radius 1 is 0.562 bits per heavy atom. The maximum atomic E-state index is 3.78. The van der Waals surface area contributed by atoms with Gasteiger partial charge in [-0.1, -0.05) is 75.9 Å². The third-order valence-corrected chi connectivity index (χ3v) is 8.69. The molecule has 0 heterocycles. The quantitative estimate of drug-likeness (QED) is 0.296. The Bertz CT molecular complexity index is 195. The molecule has 4 heteroatoms. The van der Waals surface area contributed by atoms with Crippen LogP contribution in [0.3, 0.4) is 0 Å². The Morgan fingerprint density at radius 2 is 0.875 bits per heavy atom. The number of hydrogen-bond donors (Lipinski definition) is 0. The van der Waals surface area contributed by atoms with E-state index < -0.39 is 0 Å². The molecule has 0 aromatic rings. The van der Waals surface area contributed by atoms with E-state index in [0.717, 1.165) is 0 Å². The highest BCUT2D eigenvalue weighted by atomic mass is 79.9. The van der Waals surface area contributed by atoms with Gasteiger partial charge >= 0.3 is 0 Å². The van der Waals surface area contributed by atoms with Crippen LogP contribution in [-0.2, 0) is 0 Å². The van der Waals surface area contributed by atoms with Crippen molar-refractivity contribution < 1.29 is 0 Å². The molecule has 0 N–H and O–H groups in total. The summed E-state index contributed by atoms with van der Waals surface area (Å²) < 4.78 is 0. The molecular weight excluding hydrogens is 464 g/mol. The standard InChI is InChI=1S/C12H18Br4/c13-9-5-3-1-2-4-6-10(14)12(16)8-7-11(9)15/h1-2,9-12H,3-8H2/b2-1+/t9-,10?,11-,12-/m1/s1. The van der Waals surface area contributed by atoms with Gasteiger partial charge < -0.3 is 0 Å². The van der Waals surface area contributed by atoms with Gasteiger partial charge in [-0.05, 0) is 38.5 Å². The van der Waals surface area contributed by atoms with Crippen LogP contribution in [0.2, 0.25) is 0 Å². The summed E-state index contributed by atoms with van der Waals surface area (Å²) in [5.74, 6) is 0. The van der Waals surface area contributed by atoms with Crippen LogP contribution in [0.15, 0.2) is 12.2 Å². The summed E-state index contributed by atoms with van der Waals surface area (Å²) in [6.45, 7) is 0. The molecule has 4 atom stereocenters. The van der Waals surface area contributed by atoms with E-state index in [2.05, 4.69) is 75.9 Å². The first kappa shape index (κ1) is 15.7. The van der Waals surface area contributed by atoms with Crippen LogP contribution in [-0.4, -0.2) is 19.3 Å². The highest BCUT2D eigenvalue weighted by Crippen LogP contribution is 2.29. The lowest BCUT2D eigenvalue weighted by molar-refractivity contribution is 0.617. The lowest BCUT2D eigenvalue weighted by Gasteiger charge is -2.21. The van der Waals surface area contributed by atoms with Crippen molar-refractivity contribution in [2.45, 2.75) is 57.8 Å². The molecule has 0 fully saturated rings. The molecule has 0 aromatic heterocycles. The molecule has 1 aliphatic carbocycles. The summed E-state index contributed by atoms with van der Waals surface area (Å²) in [7, 11) is 0. The number of hydrogen-bond acceptors (Lipinski definition) is 0. The van der Waals surface area contributed by atoms with Crippen molar-refractivity contribution in [1.29, 1.82) is 0 Å². The zero-order valence-corrected chi connectivity index (χ0v) is 15.6. The maximum Gasteiger partial charge on any atom is 0.0274 e. The number of halogens is 4. The first-order valence-electron chi connectivity index (χ1n) is 5.82. The van der Waals surface area contributed by atoms with Crippen LogP contribution >= 0.6 is 63.7 Å². The molecule has 0 spiro atoms. The minimum atomic E-state index is 0.583. The van der Waals surface area contributed by atoms with Gasteiger partial charge in [0.25, 0.3) is 0 Å². The average molecular weight is 482 g/mol. The second-order valence-electron chi connectivity index (χ2n) is 4.27. The van der Waals surface area contributed by atoms with Gasteiger partial charge in [0.15, 0.2) is 0 Å². The molecular formula is C12H18Br4. The van der Waals surface area contributed by atoms with Gasteiger partial charge in [-0.25, -0.2) is 0 Å². The lowest BCUT2D eigenvalue weighted by Crippen LogP contribution is -2.19. The third-order valence-electron chi connectivity index (χ3n) is 2.89. The first-order chi connectivity index (χ1) is 7.61. The molecule has 0 nitrogen and oxygen atoms in total. The van der Waals surface area contributed by atoms with Crippen molar-refractivity contribution in [2.75, 3.05) is 0 Å². The molecule has 0 amide bonds. The Kier molecular flexibility index (Phi) is 8.55. The molecule has 1 rings (SSSR count). The Labute approximate surface area is 133 Å². The lowest BCUT2D eigenvalue weighted by atomic mass is 10.0. The molecule has 0 radical (unpaired) electrons. The van der Waals surface area contributed by atoms with Gasteiger partial charge in [0, 0.05) is 19.3 Å². The molecule has 94 valence electrons. The molecule has 0 aromatic carbocycles. The molecule has 0 bridgehead atoms. The van der Waals surface area contributed by atoms with Crippen LogP contribution in [0.25, 0.3) is 0 Å². The van der Waals surface area contributed by atoms with Crippen LogP contribution in [0.4, 0.5) is 0 Å². The molecule has 1 aliphatic rings. The fourth-order valence-electron chi connectivity index (χ4n) is 1.79. The van der Waals surface area contributed by atoms with Crippen molar-refractivity contribution in [3.05, 3.63) is 12.2 Å². The van der Waals surface area contributed by atoms with Gasteiger partial charge in [0.05, 0.1) is 0 Å². The Hall–Kier alpha value is 1.66. The molecule has 16 heavy (non-hydrogen) atoms. The second-order valence-corrected chi connectivity index (χ2v) is 8.97. The van der Waals surface area contributed by atoms with Crippen LogP contribution in [0, 0.1) is 0 Å². The normalized spacial score (nSPS) is 40.8. The van der Waals surface area contributed by atoms with Crippen LogP contribution < -0.4 is 0 Å². The summed E-state index contributed by atoms with van der Waals surface area (Å²) in [5, 5.41) is 0. The topological polar surface area (TPSA) is 0 Å². The summed E-state index contributed by atoms with van der Waals surface area (Å²) in [6.07, 6.45) is 11.9. The summed E-state index contributed by atoms with van der Waals surface area (Å²) in [5.41, 5.74) is 0. The van der Waals surface area contributed by atoms with Crippen molar-refractivity contribution in [3.8, 4) is 0 Å². The smallest absolute Gasteiger partial charge is 0.0274 e. The molecule has 0 saturated carbocycles. The molecule has 0 aliphatic heterocycles. The van der Waals surface area contributed by atoms with Gasteiger partial charge in [0.2, 0.25) is 0 Å². The van der Waals surface area contributed by atoms with Crippen molar-refractivity contribution >= 4 is 63.7 Å². The van der Waals surface area contributed by atoms with Crippen LogP contribution in [0.1, 0.15) is 38.5 Å². The zero-order chi connectivity index (χ0) is 12.0. The maximum absolute atomic E-state index is 3.78. The Morgan fingerprint density at radius 3 is 1.25 bits per heavy atom. The number of alkyl halides is 4. The van der Waals surface area contributed by atoms with E-state index >= 15 is 0 Å². The van der Waals surface area contributed by atoms with Crippen molar-refractivity contribution in [3.63, 3.8) is 0 Å². The predicted octanol–water partition coefficient (Wildman–Crippen LogP) is 5.95. The first-order valence-corrected chi connectivity index (χ1v) is 9.49. The summed E-state index contributed by atoms with van der Waals surface area (Å²) >= 11 is 15.1. The largest absolute Gasteiger partial charge is 0.0885 e. The zero-order valence-electron chi connectivity index (χ0n) is 9.22. The fraction of sp³-hybridized carbons (Fsp3) is 0.833. The highest BCUT2D eigenvalue weighted by molar-refractivity contribution is 9.12. The van der Waals surface area contributed by atoms with E-state index in [1.807, 2.05) is 0 Å². The van der Waals surface area contributed by atoms with Gasteiger partial charge in [-0.2, -0.15) is 0 Å². The fourth-order valence-corrected chi connectivity index (χ4v) is 3.90. The van der Waals surface area contributed by atoms with Gasteiger partial charge in [0.1, 0.15) is 0 Å². The van der Waals surface area contributed by atoms with E-state index in [9.17, 15) is 0 Å². The number of allylic oxidation sites excluding steroid dienone is 2. The van der Waals surface area contributed by atoms with E-state index in [-0.39, 0.29) is 0 Å². The van der Waals surface area contributed by atoms with Gasteiger partial charge in [-0.15, -0.1) is 0 Å². The minimum Gasteiger partial charge on any atom is -0.0885 e. The monoisotopic (exact) mass is 478 g/mol. The van der Waals surface area contributed by atoms with Gasteiger partial charge in [-0.3, -0.25) is 0 Å². The third kappa shape index (κ3) is 6.01. The van der Waals surface area contributed by atoms with Crippen molar-refractivity contribution in [1.82, 2.24) is 0 Å². The van der Waals surface area contributed by atoms with Crippen LogP contribution in [0.5, 0.6) is 0 Å². The Balaban J connectivity index is 2.52. The summed E-state index contributed by atoms with van der Waals surface area (Å²) in [6, 6.07) is 0. The summed E-state index contributed by atoms with van der Waals surface area (Å²) in [4.78, 5) is 2.34. The van der Waals surface area contributed by atoms with E-state index in [4.69, 9.17) is 0 Å². The second kappa shape index (κ2) is 8.71. The number of rotatable bonds is 0. The van der Waals surface area contributed by atoms with Crippen molar-refractivity contribution in [2.24, 2.45) is 0 Å². The van der Waals surface area contributed by atoms with E-state index in [1.165, 1.54) is 38.5 Å². The molecule has 0 saturated heterocycles. The minimum absolute atomic E-state index is 0.583. The average Bonchev–Trinajstić information content (AvgIpc) is 2.27. The highest BCUT2D eigenvalue weighted by Gasteiger charge is 2.20. The predicted molar refractivity (Wildman–Crippen MR) is 87.7 cm³/mol. The van der Waals surface area contributed by atoms with E-state index in [1.54, 1.807) is 0 Å². The SMILES string of the molecule is BrC1CC/C=C/CC[C@@H](Br)[C@H](Br)CC[C@H]1Br. The van der Waals surface area contributed by atoms with E-state index in [0.29, 0.717) is 19.3 Å².